The Morgan fingerprint density at radius 2 is 2.22 bits per heavy atom. The highest BCUT2D eigenvalue weighted by atomic mass is 32.1. The molecule has 0 saturated carbocycles. The van der Waals surface area contributed by atoms with Crippen LogP contribution in [0.3, 0.4) is 0 Å². The van der Waals surface area contributed by atoms with Gasteiger partial charge in [0, 0.05) is 18.1 Å². The minimum absolute atomic E-state index is 0.467. The topological polar surface area (TPSA) is 49.2 Å². The molecule has 0 saturated heterocycles. The van der Waals surface area contributed by atoms with Crippen LogP contribution in [-0.2, 0) is 6.54 Å². The summed E-state index contributed by atoms with van der Waals surface area (Å²) in [7, 11) is 1.99. The lowest BCUT2D eigenvalue weighted by Crippen LogP contribution is -2.17. The molecular weight excluding hydrogens is 246 g/mol. The van der Waals surface area contributed by atoms with E-state index in [1.165, 1.54) is 4.88 Å². The predicted molar refractivity (Wildman–Crippen MR) is 73.8 cm³/mol. The molecule has 0 aromatic carbocycles. The number of nitrogens with zero attached hydrogens (tertiary/aromatic N) is 3. The zero-order chi connectivity index (χ0) is 13.1. The molecule has 1 N–H and O–H groups in total. The Morgan fingerprint density at radius 3 is 2.83 bits per heavy atom. The molecule has 5 heteroatoms. The molecule has 1 atom stereocenters. The van der Waals surface area contributed by atoms with Gasteiger partial charge in [0.2, 0.25) is 0 Å². The van der Waals surface area contributed by atoms with Crippen molar-refractivity contribution in [1.29, 1.82) is 0 Å². The summed E-state index contributed by atoms with van der Waals surface area (Å²) in [5, 5.41) is 9.58. The highest BCUT2D eigenvalue weighted by molar-refractivity contribution is 7.09. The Kier molecular flexibility index (Phi) is 3.93. The van der Waals surface area contributed by atoms with Gasteiger partial charge < -0.3 is 10.0 Å². The summed E-state index contributed by atoms with van der Waals surface area (Å²) in [6.45, 7) is 4.55. The first-order chi connectivity index (χ1) is 8.58. The maximum Gasteiger partial charge on any atom is 0.128 e. The number of thiazole rings is 1. The van der Waals surface area contributed by atoms with Crippen molar-refractivity contribution < 1.29 is 5.11 Å². The van der Waals surface area contributed by atoms with Gasteiger partial charge in [-0.05, 0) is 31.5 Å². The zero-order valence-electron chi connectivity index (χ0n) is 10.8. The first-order valence-corrected chi connectivity index (χ1v) is 6.70. The van der Waals surface area contributed by atoms with E-state index in [1.54, 1.807) is 24.5 Å². The smallest absolute Gasteiger partial charge is 0.128 e. The molecule has 0 spiro atoms. The minimum atomic E-state index is -0.467. The predicted octanol–water partition coefficient (Wildman–Crippen LogP) is 2.54. The second kappa shape index (κ2) is 5.46. The van der Waals surface area contributed by atoms with Crippen LogP contribution in [0.1, 0.15) is 29.2 Å². The summed E-state index contributed by atoms with van der Waals surface area (Å²) >= 11 is 1.65. The maximum atomic E-state index is 9.58. The average Bonchev–Trinajstić information content (AvgIpc) is 2.75. The normalized spacial score (nSPS) is 12.4. The highest BCUT2D eigenvalue weighted by Gasteiger charge is 2.09. The van der Waals surface area contributed by atoms with Gasteiger partial charge in [-0.25, -0.2) is 9.97 Å². The van der Waals surface area contributed by atoms with Crippen molar-refractivity contribution in [2.24, 2.45) is 0 Å². The van der Waals surface area contributed by atoms with Crippen LogP contribution in [0, 0.1) is 6.92 Å². The molecule has 18 heavy (non-hydrogen) atoms. The summed E-state index contributed by atoms with van der Waals surface area (Å²) in [5.74, 6) is 0.862. The molecule has 2 rings (SSSR count). The zero-order valence-corrected chi connectivity index (χ0v) is 11.6. The van der Waals surface area contributed by atoms with Crippen LogP contribution < -0.4 is 4.90 Å². The van der Waals surface area contributed by atoms with Gasteiger partial charge in [-0.15, -0.1) is 11.3 Å². The highest BCUT2D eigenvalue weighted by Crippen LogP contribution is 2.20. The summed E-state index contributed by atoms with van der Waals surface area (Å²) in [6, 6.07) is 3.75. The lowest BCUT2D eigenvalue weighted by molar-refractivity contribution is 0.199. The number of anilines is 1. The van der Waals surface area contributed by atoms with E-state index in [4.69, 9.17) is 0 Å². The van der Waals surface area contributed by atoms with Crippen molar-refractivity contribution in [2.45, 2.75) is 26.5 Å². The third kappa shape index (κ3) is 2.86. The molecule has 2 heterocycles. The summed E-state index contributed by atoms with van der Waals surface area (Å²) in [5.41, 5.74) is 3.81. The Labute approximate surface area is 111 Å². The number of aryl methyl sites for hydroxylation is 1. The third-order valence-corrected chi connectivity index (χ3v) is 3.79. The first kappa shape index (κ1) is 13.0. The fraction of sp³-hybridized carbons (Fsp3) is 0.385. The van der Waals surface area contributed by atoms with E-state index < -0.39 is 6.10 Å². The van der Waals surface area contributed by atoms with Crippen LogP contribution in [0.15, 0.2) is 23.8 Å². The molecule has 0 bridgehead atoms. The summed E-state index contributed by atoms with van der Waals surface area (Å²) in [6.07, 6.45) is 1.26. The van der Waals surface area contributed by atoms with E-state index in [2.05, 4.69) is 14.9 Å². The summed E-state index contributed by atoms with van der Waals surface area (Å²) < 4.78 is 0. The fourth-order valence-electron chi connectivity index (χ4n) is 1.68. The van der Waals surface area contributed by atoms with Crippen molar-refractivity contribution in [3.63, 3.8) is 0 Å². The van der Waals surface area contributed by atoms with E-state index in [0.29, 0.717) is 0 Å². The standard InChI is InChI=1S/C13H17N3OS/c1-9-12(18-8-15-9)7-16(3)13-6-11(10(2)17)4-5-14-13/h4-6,8,10,17H,7H2,1-3H3/t10-/m0/s1. The van der Waals surface area contributed by atoms with Crippen molar-refractivity contribution in [3.8, 4) is 0 Å². The van der Waals surface area contributed by atoms with Crippen LogP contribution >= 0.6 is 11.3 Å². The Morgan fingerprint density at radius 1 is 1.44 bits per heavy atom. The van der Waals surface area contributed by atoms with Crippen molar-refractivity contribution >= 4 is 17.2 Å². The summed E-state index contributed by atoms with van der Waals surface area (Å²) in [4.78, 5) is 11.9. The molecule has 0 fully saturated rings. The SMILES string of the molecule is Cc1ncsc1CN(C)c1cc([C@H](C)O)ccn1. The van der Waals surface area contributed by atoms with Gasteiger partial charge in [0.25, 0.3) is 0 Å². The first-order valence-electron chi connectivity index (χ1n) is 5.82. The Hall–Kier alpha value is -1.46. The second-order valence-electron chi connectivity index (χ2n) is 4.34. The van der Waals surface area contributed by atoms with Gasteiger partial charge in [0.1, 0.15) is 5.82 Å². The third-order valence-electron chi connectivity index (χ3n) is 2.87. The molecule has 4 nitrogen and oxygen atoms in total. The minimum Gasteiger partial charge on any atom is -0.389 e. The lowest BCUT2D eigenvalue weighted by Gasteiger charge is -2.18. The van der Waals surface area contributed by atoms with Gasteiger partial charge in [-0.1, -0.05) is 0 Å². The number of aliphatic hydroxyl groups excluding tert-OH is 1. The van der Waals surface area contributed by atoms with E-state index in [0.717, 1.165) is 23.6 Å². The van der Waals surface area contributed by atoms with Gasteiger partial charge >= 0.3 is 0 Å². The number of aromatic nitrogens is 2. The molecule has 0 amide bonds. The number of aliphatic hydroxyl groups is 1. The van der Waals surface area contributed by atoms with E-state index >= 15 is 0 Å². The maximum absolute atomic E-state index is 9.58. The molecule has 2 aromatic rings. The van der Waals surface area contributed by atoms with Gasteiger partial charge in [-0.2, -0.15) is 0 Å². The number of hydrogen-bond donors (Lipinski definition) is 1. The van der Waals surface area contributed by atoms with E-state index in [1.807, 2.05) is 31.6 Å². The Balaban J connectivity index is 2.16. The molecule has 96 valence electrons. The molecule has 2 aromatic heterocycles. The fourth-order valence-corrected chi connectivity index (χ4v) is 2.51. The molecule has 0 aliphatic rings. The number of pyridine rings is 1. The van der Waals surface area contributed by atoms with Crippen molar-refractivity contribution in [3.05, 3.63) is 40.0 Å². The second-order valence-corrected chi connectivity index (χ2v) is 5.28. The van der Waals surface area contributed by atoms with Crippen LogP contribution in [0.4, 0.5) is 5.82 Å². The monoisotopic (exact) mass is 263 g/mol. The molecule has 0 unspecified atom stereocenters. The Bertz CT molecular complexity index is 524. The van der Waals surface area contributed by atoms with Gasteiger partial charge in [-0.3, -0.25) is 0 Å². The number of rotatable bonds is 4. The van der Waals surface area contributed by atoms with Crippen LogP contribution in [0.2, 0.25) is 0 Å². The molecule has 0 radical (unpaired) electrons. The van der Waals surface area contributed by atoms with Crippen molar-refractivity contribution in [1.82, 2.24) is 9.97 Å². The molecular formula is C13H17N3OS. The van der Waals surface area contributed by atoms with Crippen LogP contribution in [-0.4, -0.2) is 22.1 Å². The number of hydrogen-bond acceptors (Lipinski definition) is 5. The van der Waals surface area contributed by atoms with E-state index in [-0.39, 0.29) is 0 Å². The van der Waals surface area contributed by atoms with Crippen LogP contribution in [0.25, 0.3) is 0 Å². The quantitative estimate of drug-likeness (QED) is 0.921. The largest absolute Gasteiger partial charge is 0.389 e. The van der Waals surface area contributed by atoms with Crippen LogP contribution in [0.5, 0.6) is 0 Å². The van der Waals surface area contributed by atoms with Crippen molar-refractivity contribution in [2.75, 3.05) is 11.9 Å². The molecule has 0 aliphatic heterocycles. The van der Waals surface area contributed by atoms with E-state index in [9.17, 15) is 5.11 Å². The lowest BCUT2D eigenvalue weighted by atomic mass is 10.1. The van der Waals surface area contributed by atoms with Gasteiger partial charge in [0.15, 0.2) is 0 Å². The average molecular weight is 263 g/mol. The van der Waals surface area contributed by atoms with Gasteiger partial charge in [0.05, 0.1) is 23.9 Å². The molecule has 0 aliphatic carbocycles.